The van der Waals surface area contributed by atoms with Gasteiger partial charge in [0.1, 0.15) is 5.75 Å². The molecule has 152 valence electrons. The van der Waals surface area contributed by atoms with E-state index in [9.17, 15) is 41.3 Å². The van der Waals surface area contributed by atoms with Gasteiger partial charge in [-0.15, -0.1) is 0 Å². The van der Waals surface area contributed by atoms with Crippen LogP contribution in [0, 0.1) is 10.1 Å². The fraction of sp³-hybridized carbons (Fsp3) is 0.267. The van der Waals surface area contributed by atoms with Gasteiger partial charge in [-0.05, 0) is 24.3 Å². The highest BCUT2D eigenvalue weighted by molar-refractivity contribution is 5.65. The molecule has 1 heterocycles. The van der Waals surface area contributed by atoms with E-state index in [1.807, 2.05) is 0 Å². The summed E-state index contributed by atoms with van der Waals surface area (Å²) in [6.07, 6.45) is -13.5. The molecule has 0 fully saturated rings. The van der Waals surface area contributed by atoms with E-state index in [1.54, 1.807) is 0 Å². The van der Waals surface area contributed by atoms with Crippen molar-refractivity contribution in [1.29, 1.82) is 0 Å². The van der Waals surface area contributed by atoms with E-state index < -0.39 is 46.2 Å². The third kappa shape index (κ3) is 3.73. The van der Waals surface area contributed by atoms with Crippen molar-refractivity contribution in [3.63, 3.8) is 0 Å². The molecule has 1 aromatic heterocycles. The highest BCUT2D eigenvalue weighted by atomic mass is 19.4. The number of non-ortho nitro benzene ring substituents is 1. The van der Waals surface area contributed by atoms with Crippen LogP contribution in [0.2, 0.25) is 0 Å². The fourth-order valence-electron chi connectivity index (χ4n) is 2.32. The zero-order valence-corrected chi connectivity index (χ0v) is 13.7. The summed E-state index contributed by atoms with van der Waals surface area (Å²) < 4.78 is 89.7. The van der Waals surface area contributed by atoms with E-state index in [1.165, 1.54) is 0 Å². The van der Waals surface area contributed by atoms with Crippen LogP contribution in [0.3, 0.4) is 0 Å². The van der Waals surface area contributed by atoms with Crippen LogP contribution in [-0.4, -0.2) is 28.0 Å². The Labute approximate surface area is 152 Å². The Morgan fingerprint density at radius 1 is 1.04 bits per heavy atom. The average molecular weight is 412 g/mol. The summed E-state index contributed by atoms with van der Waals surface area (Å²) in [5.74, 6) is -0.555. The predicted octanol–water partition coefficient (Wildman–Crippen LogP) is 4.47. The number of benzene rings is 1. The van der Waals surface area contributed by atoms with E-state index in [-0.39, 0.29) is 0 Å². The number of hydrogen-bond acceptors (Lipinski definition) is 5. The molecule has 0 amide bonds. The van der Waals surface area contributed by atoms with Crippen molar-refractivity contribution in [2.24, 2.45) is 7.05 Å². The Hall–Kier alpha value is -3.25. The number of alkyl halides is 6. The number of halogens is 6. The Morgan fingerprint density at radius 2 is 1.57 bits per heavy atom. The van der Waals surface area contributed by atoms with Crippen molar-refractivity contribution in [3.8, 4) is 5.75 Å². The van der Waals surface area contributed by atoms with Crippen LogP contribution in [-0.2, 0) is 17.4 Å². The van der Waals surface area contributed by atoms with Crippen molar-refractivity contribution in [2.45, 2.75) is 18.0 Å². The van der Waals surface area contributed by atoms with Gasteiger partial charge >= 0.3 is 24.1 Å². The molecule has 0 unspecified atom stereocenters. The summed E-state index contributed by atoms with van der Waals surface area (Å²) in [5.41, 5.74) is -6.83. The van der Waals surface area contributed by atoms with Gasteiger partial charge in [-0.2, -0.15) is 26.3 Å². The van der Waals surface area contributed by atoms with Crippen LogP contribution in [0.4, 0.5) is 36.8 Å². The van der Waals surface area contributed by atoms with E-state index in [0.717, 1.165) is 43.6 Å². The lowest BCUT2D eigenvalue weighted by molar-refractivity contribution is -0.384. The Morgan fingerprint density at radius 3 is 1.96 bits per heavy atom. The van der Waals surface area contributed by atoms with E-state index in [4.69, 9.17) is 0 Å². The quantitative estimate of drug-likeness (QED) is 0.243. The van der Waals surface area contributed by atoms with Gasteiger partial charge in [0.25, 0.3) is 5.69 Å². The van der Waals surface area contributed by atoms with E-state index in [2.05, 4.69) is 9.47 Å². The first kappa shape index (κ1) is 21.1. The highest BCUT2D eigenvalue weighted by Crippen LogP contribution is 2.53. The molecule has 0 radical (unpaired) electrons. The topological polar surface area (TPSA) is 83.6 Å². The first-order valence-corrected chi connectivity index (χ1v) is 7.20. The van der Waals surface area contributed by atoms with Crippen molar-refractivity contribution in [2.75, 3.05) is 0 Å². The lowest BCUT2D eigenvalue weighted by atomic mass is 9.97. The Kier molecular flexibility index (Phi) is 5.30. The molecule has 0 aliphatic heterocycles. The van der Waals surface area contributed by atoms with E-state index >= 15 is 0 Å². The number of carbonyl (C=O) groups excluding carboxylic acids is 1. The maximum atomic E-state index is 13.5. The number of carbonyl (C=O) groups is 1. The van der Waals surface area contributed by atoms with Crippen LogP contribution >= 0.6 is 0 Å². The largest absolute Gasteiger partial charge is 0.515 e. The number of nitrogens with zero attached hydrogens (tertiary/aromatic N) is 2. The second-order valence-corrected chi connectivity index (χ2v) is 5.39. The predicted molar refractivity (Wildman–Crippen MR) is 79.4 cm³/mol. The molecule has 13 heteroatoms. The number of hydrogen-bond donors (Lipinski definition) is 0. The molecule has 0 aliphatic rings. The molecule has 0 N–H and O–H groups in total. The Balaban J connectivity index is 2.41. The number of aryl methyl sites for hydroxylation is 1. The molecule has 2 aromatic rings. The number of rotatable bonds is 4. The summed E-state index contributed by atoms with van der Waals surface area (Å²) in [4.78, 5) is 21.5. The second-order valence-electron chi connectivity index (χ2n) is 5.39. The summed E-state index contributed by atoms with van der Waals surface area (Å²) in [5, 5.41) is 10.5. The lowest BCUT2D eigenvalue weighted by Gasteiger charge is -2.36. The monoisotopic (exact) mass is 412 g/mol. The molecule has 1 aromatic carbocycles. The third-order valence-corrected chi connectivity index (χ3v) is 3.59. The molecule has 2 rings (SSSR count). The number of nitro benzene ring substituents is 1. The third-order valence-electron chi connectivity index (χ3n) is 3.59. The first-order chi connectivity index (χ1) is 12.8. The van der Waals surface area contributed by atoms with Crippen LogP contribution in [0.5, 0.6) is 5.75 Å². The van der Waals surface area contributed by atoms with Crippen molar-refractivity contribution < 1.29 is 45.5 Å². The molecule has 0 saturated carbocycles. The van der Waals surface area contributed by atoms with Crippen LogP contribution < -0.4 is 4.74 Å². The zero-order valence-electron chi connectivity index (χ0n) is 13.7. The normalized spacial score (nSPS) is 12.5. The molecule has 0 aliphatic carbocycles. The molecule has 28 heavy (non-hydrogen) atoms. The van der Waals surface area contributed by atoms with Crippen molar-refractivity contribution >= 4 is 11.8 Å². The smallest absolute Gasteiger partial charge is 0.401 e. The lowest BCUT2D eigenvalue weighted by Crippen LogP contribution is -2.58. The molecule has 0 saturated heterocycles. The number of ether oxygens (including phenoxy) is 2. The summed E-state index contributed by atoms with van der Waals surface area (Å²) in [7, 11) is 0.909. The van der Waals surface area contributed by atoms with Crippen LogP contribution in [0.1, 0.15) is 5.69 Å². The van der Waals surface area contributed by atoms with Gasteiger partial charge < -0.3 is 14.0 Å². The second kappa shape index (κ2) is 7.05. The van der Waals surface area contributed by atoms with E-state index in [0.29, 0.717) is 10.6 Å². The van der Waals surface area contributed by atoms with Gasteiger partial charge in [0, 0.05) is 25.4 Å². The Bertz CT molecular complexity index is 858. The van der Waals surface area contributed by atoms with Crippen molar-refractivity contribution in [3.05, 3.63) is 58.4 Å². The standard InChI is InChI=1S/C15H10F6N2O5/c1-22-8-2-3-11(22)13(14(16,17)18,15(19,20)21)28-12(24)27-10-6-4-9(5-7-10)23(25)26/h2-8H,1H3. The van der Waals surface area contributed by atoms with Gasteiger partial charge in [0.15, 0.2) is 0 Å². The maximum Gasteiger partial charge on any atom is 0.515 e. The maximum absolute atomic E-state index is 13.5. The summed E-state index contributed by atoms with van der Waals surface area (Å²) in [6.45, 7) is 0. The molecule has 0 bridgehead atoms. The summed E-state index contributed by atoms with van der Waals surface area (Å²) in [6, 6.07) is 4.70. The van der Waals surface area contributed by atoms with Gasteiger partial charge in [-0.1, -0.05) is 0 Å². The number of nitro groups is 1. The first-order valence-electron chi connectivity index (χ1n) is 7.20. The van der Waals surface area contributed by atoms with Gasteiger partial charge in [-0.25, -0.2) is 4.79 Å². The molecular formula is C15H10F6N2O5. The molecule has 0 spiro atoms. The van der Waals surface area contributed by atoms with Crippen LogP contribution in [0.15, 0.2) is 42.6 Å². The minimum absolute atomic E-state index is 0.440. The molecule has 7 nitrogen and oxygen atoms in total. The fourth-order valence-corrected chi connectivity index (χ4v) is 2.32. The van der Waals surface area contributed by atoms with Gasteiger partial charge in [0.2, 0.25) is 0 Å². The highest BCUT2D eigenvalue weighted by Gasteiger charge is 2.76. The average Bonchev–Trinajstić information content (AvgIpc) is 2.96. The minimum atomic E-state index is -6.08. The zero-order chi connectivity index (χ0) is 21.3. The van der Waals surface area contributed by atoms with Crippen molar-refractivity contribution in [1.82, 2.24) is 4.57 Å². The number of aromatic nitrogens is 1. The van der Waals surface area contributed by atoms with Gasteiger partial charge in [-0.3, -0.25) is 10.1 Å². The SMILES string of the molecule is Cn1cccc1C(OC(=O)Oc1ccc([N+](=O)[O-])cc1)(C(F)(F)F)C(F)(F)F. The minimum Gasteiger partial charge on any atom is -0.401 e. The van der Waals surface area contributed by atoms with Gasteiger partial charge in [0.05, 0.1) is 10.6 Å². The summed E-state index contributed by atoms with van der Waals surface area (Å²) >= 11 is 0. The molecular weight excluding hydrogens is 402 g/mol. The van der Waals surface area contributed by atoms with Crippen LogP contribution in [0.25, 0.3) is 0 Å². The molecule has 0 atom stereocenters.